The Kier molecular flexibility index (Phi) is 5.66. The Morgan fingerprint density at radius 1 is 1.03 bits per heavy atom. The van der Waals surface area contributed by atoms with Crippen molar-refractivity contribution < 1.29 is 9.18 Å². The highest BCUT2D eigenvalue weighted by Crippen LogP contribution is 2.35. The number of halogens is 1. The van der Waals surface area contributed by atoms with Crippen LogP contribution in [-0.4, -0.2) is 25.9 Å². The van der Waals surface area contributed by atoms with Crippen LogP contribution in [-0.2, 0) is 4.79 Å². The summed E-state index contributed by atoms with van der Waals surface area (Å²) < 4.78 is 15.1. The second kappa shape index (κ2) is 8.91. The van der Waals surface area contributed by atoms with E-state index in [0.29, 0.717) is 5.13 Å². The Labute approximate surface area is 193 Å². The molecular formula is C25H20FN5OS. The molecule has 0 fully saturated rings. The second-order valence-corrected chi connectivity index (χ2v) is 8.59. The third kappa shape index (κ3) is 4.25. The second-order valence-electron chi connectivity index (χ2n) is 7.76. The molecule has 0 bridgehead atoms. The van der Waals surface area contributed by atoms with Crippen LogP contribution in [0.4, 0.5) is 9.52 Å². The van der Waals surface area contributed by atoms with E-state index in [4.69, 9.17) is 0 Å². The van der Waals surface area contributed by atoms with Crippen LogP contribution in [0, 0.1) is 11.7 Å². The number of fused-ring (bicyclic) bond motifs is 1. The monoisotopic (exact) mass is 457 g/mol. The zero-order valence-electron chi connectivity index (χ0n) is 17.7. The summed E-state index contributed by atoms with van der Waals surface area (Å²) in [6, 6.07) is 22.3. The van der Waals surface area contributed by atoms with E-state index in [2.05, 4.69) is 26.7 Å². The maximum Gasteiger partial charge on any atom is 0.229 e. The zero-order valence-corrected chi connectivity index (χ0v) is 18.5. The minimum Gasteiger partial charge on any atom is -0.300 e. The van der Waals surface area contributed by atoms with Gasteiger partial charge >= 0.3 is 0 Å². The van der Waals surface area contributed by atoms with Crippen LogP contribution >= 0.6 is 11.3 Å². The predicted octanol–water partition coefficient (Wildman–Crippen LogP) is 5.42. The van der Waals surface area contributed by atoms with Gasteiger partial charge in [0.05, 0.1) is 17.4 Å². The minimum absolute atomic E-state index is 0.122. The van der Waals surface area contributed by atoms with E-state index in [-0.39, 0.29) is 23.6 Å². The first kappa shape index (κ1) is 21.0. The summed E-state index contributed by atoms with van der Waals surface area (Å²) in [5.74, 6) is -0.940. The van der Waals surface area contributed by atoms with Gasteiger partial charge in [-0.05, 0) is 47.5 Å². The van der Waals surface area contributed by atoms with Crippen molar-refractivity contribution in [2.45, 2.75) is 12.8 Å². The van der Waals surface area contributed by atoms with Gasteiger partial charge in [0.15, 0.2) is 0 Å². The Balaban J connectivity index is 1.52. The standard InChI is InChI=1S/C25H20FN5OS/c1-16(24(32)29-25-30-27-15-33-25)23(17-5-3-2-4-6-17)18-7-12-22-19(13-18)14-28-31(22)21-10-8-20(26)9-11-21/h2-16,23H,1H3,(H,29,30,32)/t16-,23-/m0/s1. The summed E-state index contributed by atoms with van der Waals surface area (Å²) in [7, 11) is 0. The van der Waals surface area contributed by atoms with Crippen LogP contribution in [0.5, 0.6) is 0 Å². The summed E-state index contributed by atoms with van der Waals surface area (Å²) >= 11 is 1.29. The van der Waals surface area contributed by atoms with Crippen molar-refractivity contribution in [2.75, 3.05) is 5.32 Å². The van der Waals surface area contributed by atoms with Crippen molar-refractivity contribution in [3.63, 3.8) is 0 Å². The van der Waals surface area contributed by atoms with E-state index >= 15 is 0 Å². The molecule has 0 aliphatic heterocycles. The number of hydrogen-bond donors (Lipinski definition) is 1. The molecule has 6 nitrogen and oxygen atoms in total. The van der Waals surface area contributed by atoms with Crippen LogP contribution in [0.25, 0.3) is 16.6 Å². The molecule has 5 rings (SSSR count). The van der Waals surface area contributed by atoms with Crippen molar-refractivity contribution in [2.24, 2.45) is 5.92 Å². The van der Waals surface area contributed by atoms with Gasteiger partial charge in [-0.15, -0.1) is 10.2 Å². The molecule has 0 aliphatic carbocycles. The molecule has 164 valence electrons. The molecule has 1 N–H and O–H groups in total. The quantitative estimate of drug-likeness (QED) is 0.369. The fourth-order valence-electron chi connectivity index (χ4n) is 4.06. The van der Waals surface area contributed by atoms with Crippen LogP contribution in [0.2, 0.25) is 0 Å². The van der Waals surface area contributed by atoms with Crippen LogP contribution < -0.4 is 5.32 Å². The lowest BCUT2D eigenvalue weighted by Crippen LogP contribution is -2.26. The van der Waals surface area contributed by atoms with Crippen LogP contribution in [0.1, 0.15) is 24.0 Å². The van der Waals surface area contributed by atoms with Gasteiger partial charge in [-0.2, -0.15) is 5.10 Å². The number of amides is 1. The average Bonchev–Trinajstić information content (AvgIpc) is 3.50. The average molecular weight is 458 g/mol. The highest BCUT2D eigenvalue weighted by Gasteiger charge is 2.28. The molecule has 0 unspecified atom stereocenters. The van der Waals surface area contributed by atoms with Gasteiger partial charge in [-0.1, -0.05) is 54.7 Å². The normalized spacial score (nSPS) is 13.0. The maximum atomic E-state index is 13.3. The first-order valence-electron chi connectivity index (χ1n) is 10.5. The van der Waals surface area contributed by atoms with Crippen molar-refractivity contribution in [1.29, 1.82) is 0 Å². The highest BCUT2D eigenvalue weighted by molar-refractivity contribution is 7.13. The third-order valence-corrected chi connectivity index (χ3v) is 6.29. The van der Waals surface area contributed by atoms with E-state index in [0.717, 1.165) is 27.7 Å². The van der Waals surface area contributed by atoms with Gasteiger partial charge in [0.1, 0.15) is 11.3 Å². The summed E-state index contributed by atoms with van der Waals surface area (Å²) in [6.45, 7) is 1.92. The lowest BCUT2D eigenvalue weighted by Gasteiger charge is -2.24. The molecule has 33 heavy (non-hydrogen) atoms. The van der Waals surface area contributed by atoms with Crippen molar-refractivity contribution >= 4 is 33.3 Å². The molecule has 2 heterocycles. The number of nitrogens with zero attached hydrogens (tertiary/aromatic N) is 4. The van der Waals surface area contributed by atoms with Crippen molar-refractivity contribution in [3.05, 3.63) is 101 Å². The summed E-state index contributed by atoms with van der Waals surface area (Å²) in [4.78, 5) is 13.1. The Bertz CT molecular complexity index is 1380. The van der Waals surface area contributed by atoms with Gasteiger partial charge in [0.2, 0.25) is 11.0 Å². The topological polar surface area (TPSA) is 72.7 Å². The summed E-state index contributed by atoms with van der Waals surface area (Å²) in [5, 5.41) is 16.5. The van der Waals surface area contributed by atoms with Gasteiger partial charge in [0.25, 0.3) is 0 Å². The SMILES string of the molecule is C[C@H](C(=O)Nc1nncs1)[C@@H](c1ccccc1)c1ccc2c(cnn2-c2ccc(F)cc2)c1. The first-order chi connectivity index (χ1) is 16.1. The van der Waals surface area contributed by atoms with Gasteiger partial charge in [0, 0.05) is 17.2 Å². The van der Waals surface area contributed by atoms with Gasteiger partial charge in [-0.3, -0.25) is 4.79 Å². The number of nitrogens with one attached hydrogen (secondary N) is 1. The number of carbonyl (C=O) groups excluding carboxylic acids is 1. The molecule has 0 saturated heterocycles. The van der Waals surface area contributed by atoms with Crippen LogP contribution in [0.3, 0.4) is 0 Å². The molecule has 5 aromatic rings. The number of aromatic nitrogens is 4. The molecule has 0 aliphatic rings. The lowest BCUT2D eigenvalue weighted by molar-refractivity contribution is -0.119. The fourth-order valence-corrected chi connectivity index (χ4v) is 4.51. The van der Waals surface area contributed by atoms with Crippen LogP contribution in [0.15, 0.2) is 84.5 Å². The number of anilines is 1. The first-order valence-corrected chi connectivity index (χ1v) is 11.3. The molecule has 2 aromatic heterocycles. The summed E-state index contributed by atoms with van der Waals surface area (Å²) in [5.41, 5.74) is 5.32. The number of hydrogen-bond acceptors (Lipinski definition) is 5. The molecule has 0 saturated carbocycles. The minimum atomic E-state index is -0.360. The molecule has 2 atom stereocenters. The van der Waals surface area contributed by atoms with E-state index in [1.165, 1.54) is 23.5 Å². The van der Waals surface area contributed by atoms with E-state index in [1.807, 2.05) is 49.4 Å². The molecule has 8 heteroatoms. The summed E-state index contributed by atoms with van der Waals surface area (Å²) in [6.07, 6.45) is 1.79. The number of rotatable bonds is 6. The predicted molar refractivity (Wildman–Crippen MR) is 127 cm³/mol. The molecule has 0 spiro atoms. The Morgan fingerprint density at radius 3 is 2.55 bits per heavy atom. The van der Waals surface area contributed by atoms with E-state index < -0.39 is 0 Å². The van der Waals surface area contributed by atoms with E-state index in [1.54, 1.807) is 28.5 Å². The number of carbonyl (C=O) groups is 1. The molecule has 1 amide bonds. The Hall–Kier alpha value is -3.91. The highest BCUT2D eigenvalue weighted by atomic mass is 32.1. The van der Waals surface area contributed by atoms with Gasteiger partial charge in [-0.25, -0.2) is 9.07 Å². The molecular weight excluding hydrogens is 437 g/mol. The lowest BCUT2D eigenvalue weighted by atomic mass is 9.81. The largest absolute Gasteiger partial charge is 0.300 e. The van der Waals surface area contributed by atoms with Crippen molar-refractivity contribution in [3.8, 4) is 5.69 Å². The van der Waals surface area contributed by atoms with Gasteiger partial charge < -0.3 is 5.32 Å². The smallest absolute Gasteiger partial charge is 0.229 e. The number of benzene rings is 3. The zero-order chi connectivity index (χ0) is 22.8. The molecule has 0 radical (unpaired) electrons. The molecule has 3 aromatic carbocycles. The maximum absolute atomic E-state index is 13.3. The van der Waals surface area contributed by atoms with Crippen molar-refractivity contribution in [1.82, 2.24) is 20.0 Å². The third-order valence-electron chi connectivity index (χ3n) is 5.68. The fraction of sp³-hybridized carbons (Fsp3) is 0.120. The van der Waals surface area contributed by atoms with E-state index in [9.17, 15) is 9.18 Å². The Morgan fingerprint density at radius 2 is 1.82 bits per heavy atom.